The molecule has 0 amide bonds. The van der Waals surface area contributed by atoms with Gasteiger partial charge in [0.15, 0.2) is 0 Å². The van der Waals surface area contributed by atoms with Crippen LogP contribution < -0.4 is 10.1 Å². The minimum Gasteiger partial charge on any atom is -0.496 e. The van der Waals surface area contributed by atoms with Crippen molar-refractivity contribution in [3.8, 4) is 5.75 Å². The molecule has 0 saturated carbocycles. The highest BCUT2D eigenvalue weighted by Gasteiger charge is 2.14. The van der Waals surface area contributed by atoms with Crippen LogP contribution in [0.1, 0.15) is 37.4 Å². The standard InChI is InChI=1S/C14H23NO2/c1-5-12(9-16)15-11(3)13-7-6-10(2)8-14(13)17-4/h6-8,11-12,15-16H,5,9H2,1-4H3/t11?,12-/m0/s1. The second-order valence-corrected chi connectivity index (χ2v) is 4.42. The van der Waals surface area contributed by atoms with Crippen LogP contribution >= 0.6 is 0 Å². The fourth-order valence-corrected chi connectivity index (χ4v) is 1.92. The molecule has 0 aliphatic heterocycles. The molecule has 3 nitrogen and oxygen atoms in total. The zero-order valence-corrected chi connectivity index (χ0v) is 11.2. The highest BCUT2D eigenvalue weighted by molar-refractivity contribution is 5.39. The van der Waals surface area contributed by atoms with Gasteiger partial charge in [-0.1, -0.05) is 19.1 Å². The summed E-state index contributed by atoms with van der Waals surface area (Å²) in [6, 6.07) is 6.50. The quantitative estimate of drug-likeness (QED) is 0.798. The molecule has 0 saturated heterocycles. The first-order valence-electron chi connectivity index (χ1n) is 6.13. The lowest BCUT2D eigenvalue weighted by Gasteiger charge is -2.22. The van der Waals surface area contributed by atoms with Gasteiger partial charge < -0.3 is 15.2 Å². The van der Waals surface area contributed by atoms with Crippen LogP contribution in [0.4, 0.5) is 0 Å². The van der Waals surface area contributed by atoms with E-state index in [-0.39, 0.29) is 18.7 Å². The Morgan fingerprint density at radius 3 is 2.65 bits per heavy atom. The zero-order chi connectivity index (χ0) is 12.8. The smallest absolute Gasteiger partial charge is 0.123 e. The molecule has 0 spiro atoms. The molecule has 0 aromatic heterocycles. The molecule has 96 valence electrons. The number of ether oxygens (including phenoxy) is 1. The first-order chi connectivity index (χ1) is 8.12. The van der Waals surface area contributed by atoms with Gasteiger partial charge >= 0.3 is 0 Å². The molecule has 2 atom stereocenters. The lowest BCUT2D eigenvalue weighted by Crippen LogP contribution is -2.34. The van der Waals surface area contributed by atoms with Crippen molar-refractivity contribution >= 4 is 0 Å². The molecular weight excluding hydrogens is 214 g/mol. The van der Waals surface area contributed by atoms with Gasteiger partial charge in [-0.15, -0.1) is 0 Å². The van der Waals surface area contributed by atoms with Crippen molar-refractivity contribution in [2.75, 3.05) is 13.7 Å². The predicted molar refractivity (Wildman–Crippen MR) is 70.4 cm³/mol. The number of rotatable bonds is 6. The second-order valence-electron chi connectivity index (χ2n) is 4.42. The molecule has 3 heteroatoms. The Kier molecular flexibility index (Phi) is 5.45. The van der Waals surface area contributed by atoms with Crippen LogP contribution in [-0.4, -0.2) is 24.9 Å². The van der Waals surface area contributed by atoms with E-state index in [1.165, 1.54) is 5.56 Å². The molecule has 17 heavy (non-hydrogen) atoms. The molecule has 0 aliphatic rings. The van der Waals surface area contributed by atoms with E-state index in [9.17, 15) is 5.11 Å². The van der Waals surface area contributed by atoms with Gasteiger partial charge in [0.25, 0.3) is 0 Å². The third-order valence-corrected chi connectivity index (χ3v) is 3.05. The summed E-state index contributed by atoms with van der Waals surface area (Å²) in [5.74, 6) is 0.901. The molecule has 2 N–H and O–H groups in total. The minimum absolute atomic E-state index is 0.135. The number of aliphatic hydroxyl groups is 1. The number of hydrogen-bond donors (Lipinski definition) is 2. The van der Waals surface area contributed by atoms with Crippen LogP contribution in [0, 0.1) is 6.92 Å². The van der Waals surface area contributed by atoms with Gasteiger partial charge in [-0.3, -0.25) is 0 Å². The summed E-state index contributed by atoms with van der Waals surface area (Å²) in [5, 5.41) is 12.6. The molecule has 0 bridgehead atoms. The number of aryl methyl sites for hydroxylation is 1. The maximum atomic E-state index is 9.20. The summed E-state index contributed by atoms with van der Waals surface area (Å²) < 4.78 is 5.39. The number of benzene rings is 1. The number of methoxy groups -OCH3 is 1. The van der Waals surface area contributed by atoms with Crippen molar-refractivity contribution in [2.45, 2.75) is 39.3 Å². The van der Waals surface area contributed by atoms with Gasteiger partial charge in [0.05, 0.1) is 13.7 Å². The van der Waals surface area contributed by atoms with Crippen molar-refractivity contribution in [2.24, 2.45) is 0 Å². The van der Waals surface area contributed by atoms with Crippen molar-refractivity contribution in [3.05, 3.63) is 29.3 Å². The SMILES string of the molecule is CC[C@@H](CO)NC(C)c1ccc(C)cc1OC. The van der Waals surface area contributed by atoms with E-state index in [4.69, 9.17) is 4.74 Å². The third-order valence-electron chi connectivity index (χ3n) is 3.05. The maximum absolute atomic E-state index is 9.20. The highest BCUT2D eigenvalue weighted by Crippen LogP contribution is 2.26. The maximum Gasteiger partial charge on any atom is 0.123 e. The Bertz CT molecular complexity index is 348. The van der Waals surface area contributed by atoms with Gasteiger partial charge in [0.1, 0.15) is 5.75 Å². The topological polar surface area (TPSA) is 41.5 Å². The lowest BCUT2D eigenvalue weighted by atomic mass is 10.0. The second kappa shape index (κ2) is 6.62. The first kappa shape index (κ1) is 14.0. The summed E-state index contributed by atoms with van der Waals surface area (Å²) in [4.78, 5) is 0. The van der Waals surface area contributed by atoms with E-state index in [0.29, 0.717) is 0 Å². The van der Waals surface area contributed by atoms with Crippen LogP contribution in [0.15, 0.2) is 18.2 Å². The van der Waals surface area contributed by atoms with Crippen LogP contribution in [0.5, 0.6) is 5.75 Å². The average molecular weight is 237 g/mol. The molecule has 0 heterocycles. The number of nitrogens with one attached hydrogen (secondary N) is 1. The third kappa shape index (κ3) is 3.72. The summed E-state index contributed by atoms with van der Waals surface area (Å²) in [7, 11) is 1.69. The Morgan fingerprint density at radius 2 is 2.12 bits per heavy atom. The molecule has 0 fully saturated rings. The van der Waals surface area contributed by atoms with Gasteiger partial charge in [-0.05, 0) is 31.9 Å². The van der Waals surface area contributed by atoms with Crippen molar-refractivity contribution in [3.63, 3.8) is 0 Å². The fraction of sp³-hybridized carbons (Fsp3) is 0.571. The monoisotopic (exact) mass is 237 g/mol. The Labute approximate surface area is 104 Å². The molecular formula is C14H23NO2. The molecule has 1 aromatic rings. The summed E-state index contributed by atoms with van der Waals surface area (Å²) in [5.41, 5.74) is 2.32. The Balaban J connectivity index is 2.84. The average Bonchev–Trinajstić information content (AvgIpc) is 2.35. The van der Waals surface area contributed by atoms with Gasteiger partial charge in [0, 0.05) is 17.6 Å². The summed E-state index contributed by atoms with van der Waals surface area (Å²) in [6.07, 6.45) is 0.912. The normalized spacial score (nSPS) is 14.4. The lowest BCUT2D eigenvalue weighted by molar-refractivity contribution is 0.229. The zero-order valence-electron chi connectivity index (χ0n) is 11.2. The molecule has 1 aromatic carbocycles. The van der Waals surface area contributed by atoms with E-state index in [0.717, 1.165) is 17.7 Å². The largest absolute Gasteiger partial charge is 0.496 e. The van der Waals surface area contributed by atoms with Crippen LogP contribution in [0.2, 0.25) is 0 Å². The fourth-order valence-electron chi connectivity index (χ4n) is 1.92. The van der Waals surface area contributed by atoms with E-state index < -0.39 is 0 Å². The Hall–Kier alpha value is -1.06. The molecule has 0 aliphatic carbocycles. The Morgan fingerprint density at radius 1 is 1.41 bits per heavy atom. The van der Waals surface area contributed by atoms with Crippen molar-refractivity contribution in [1.29, 1.82) is 0 Å². The van der Waals surface area contributed by atoms with Crippen molar-refractivity contribution in [1.82, 2.24) is 5.32 Å². The van der Waals surface area contributed by atoms with Crippen LogP contribution in [0.25, 0.3) is 0 Å². The van der Waals surface area contributed by atoms with Gasteiger partial charge in [-0.25, -0.2) is 0 Å². The number of aliphatic hydroxyl groups excluding tert-OH is 1. The van der Waals surface area contributed by atoms with Gasteiger partial charge in [0.2, 0.25) is 0 Å². The van der Waals surface area contributed by atoms with E-state index in [1.807, 2.05) is 13.0 Å². The van der Waals surface area contributed by atoms with Gasteiger partial charge in [-0.2, -0.15) is 0 Å². The van der Waals surface area contributed by atoms with E-state index >= 15 is 0 Å². The summed E-state index contributed by atoms with van der Waals surface area (Å²) >= 11 is 0. The highest BCUT2D eigenvalue weighted by atomic mass is 16.5. The molecule has 1 rings (SSSR count). The predicted octanol–water partition coefficient (Wildman–Crippen LogP) is 2.43. The number of hydrogen-bond acceptors (Lipinski definition) is 3. The first-order valence-corrected chi connectivity index (χ1v) is 6.13. The van der Waals surface area contributed by atoms with E-state index in [2.05, 4.69) is 31.3 Å². The van der Waals surface area contributed by atoms with Crippen molar-refractivity contribution < 1.29 is 9.84 Å². The summed E-state index contributed by atoms with van der Waals surface area (Å²) in [6.45, 7) is 6.36. The van der Waals surface area contributed by atoms with Crippen LogP contribution in [0.3, 0.4) is 0 Å². The molecule has 0 radical (unpaired) electrons. The van der Waals surface area contributed by atoms with Crippen LogP contribution in [-0.2, 0) is 0 Å². The molecule has 1 unspecified atom stereocenters. The van der Waals surface area contributed by atoms with E-state index in [1.54, 1.807) is 7.11 Å². The minimum atomic E-state index is 0.135.